The zero-order valence-corrected chi connectivity index (χ0v) is 17.1. The number of amides is 1. The molecule has 26 heavy (non-hydrogen) atoms. The molecule has 3 unspecified atom stereocenters. The summed E-state index contributed by atoms with van der Waals surface area (Å²) < 4.78 is 0. The van der Waals surface area contributed by atoms with Crippen LogP contribution in [0.1, 0.15) is 40.0 Å². The molecule has 4 rings (SSSR count). The Balaban J connectivity index is 1.43. The summed E-state index contributed by atoms with van der Waals surface area (Å²) in [7, 11) is 0. The zero-order chi connectivity index (χ0) is 18.5. The number of thioether (sulfide) groups is 1. The van der Waals surface area contributed by atoms with Crippen molar-refractivity contribution in [1.82, 2.24) is 10.3 Å². The van der Waals surface area contributed by atoms with E-state index in [0.717, 1.165) is 28.1 Å². The molecule has 138 valence electrons. The van der Waals surface area contributed by atoms with Crippen LogP contribution in [0.15, 0.2) is 35.4 Å². The topological polar surface area (TPSA) is 42.0 Å². The van der Waals surface area contributed by atoms with Gasteiger partial charge in [-0.05, 0) is 54.2 Å². The minimum Gasteiger partial charge on any atom is -0.352 e. The number of aromatic nitrogens is 1. The van der Waals surface area contributed by atoms with Gasteiger partial charge >= 0.3 is 0 Å². The average Bonchev–Trinajstić information content (AvgIpc) is 2.93. The predicted molar refractivity (Wildman–Crippen MR) is 109 cm³/mol. The summed E-state index contributed by atoms with van der Waals surface area (Å²) in [5.74, 6) is 1.29. The first-order chi connectivity index (χ1) is 12.3. The number of hydrogen-bond donors (Lipinski definition) is 1. The highest BCUT2D eigenvalue weighted by Gasteiger charge is 2.61. The molecule has 5 heteroatoms. The Kier molecular flexibility index (Phi) is 4.47. The minimum atomic E-state index is 0.128. The van der Waals surface area contributed by atoms with Crippen LogP contribution in [0.2, 0.25) is 5.02 Å². The van der Waals surface area contributed by atoms with Crippen molar-refractivity contribution >= 4 is 40.2 Å². The number of carbonyl (C=O) groups is 1. The Hall–Kier alpha value is -1.26. The molecule has 2 fully saturated rings. The van der Waals surface area contributed by atoms with Crippen molar-refractivity contribution in [1.29, 1.82) is 0 Å². The molecule has 3 nitrogen and oxygen atoms in total. The SMILES string of the molecule is CC1(C)C2CCC1(C)C(NC(=O)CSc1ccnc3cc(Cl)ccc13)C2. The number of nitrogens with one attached hydrogen (secondary N) is 1. The highest BCUT2D eigenvalue weighted by molar-refractivity contribution is 8.00. The molecule has 1 amide bonds. The molecule has 1 N–H and O–H groups in total. The molecular formula is C21H25ClN2OS. The molecular weight excluding hydrogens is 364 g/mol. The molecule has 0 aliphatic heterocycles. The van der Waals surface area contributed by atoms with Crippen molar-refractivity contribution in [2.45, 2.75) is 51.0 Å². The second-order valence-corrected chi connectivity index (χ2v) is 9.94. The van der Waals surface area contributed by atoms with Gasteiger partial charge in [0.05, 0.1) is 11.3 Å². The molecule has 2 aromatic rings. The summed E-state index contributed by atoms with van der Waals surface area (Å²) in [4.78, 5) is 18.1. The van der Waals surface area contributed by atoms with Crippen LogP contribution in [-0.2, 0) is 4.79 Å². The van der Waals surface area contributed by atoms with Crippen molar-refractivity contribution in [2.24, 2.45) is 16.7 Å². The molecule has 1 aromatic carbocycles. The van der Waals surface area contributed by atoms with Gasteiger partial charge in [-0.25, -0.2) is 0 Å². The Labute approximate surface area is 164 Å². The van der Waals surface area contributed by atoms with E-state index < -0.39 is 0 Å². The summed E-state index contributed by atoms with van der Waals surface area (Å²) in [6, 6.07) is 7.98. The molecule has 2 bridgehead atoms. The minimum absolute atomic E-state index is 0.128. The second kappa shape index (κ2) is 6.42. The van der Waals surface area contributed by atoms with E-state index in [0.29, 0.717) is 22.2 Å². The summed E-state index contributed by atoms with van der Waals surface area (Å²) >= 11 is 7.62. The van der Waals surface area contributed by atoms with Gasteiger partial charge < -0.3 is 5.32 Å². The van der Waals surface area contributed by atoms with Gasteiger partial charge in [0.1, 0.15) is 0 Å². The lowest BCUT2D eigenvalue weighted by Gasteiger charge is -2.39. The summed E-state index contributed by atoms with van der Waals surface area (Å²) in [5.41, 5.74) is 1.40. The summed E-state index contributed by atoms with van der Waals surface area (Å²) in [5, 5.41) is 5.06. The Bertz CT molecular complexity index is 868. The number of benzene rings is 1. The van der Waals surface area contributed by atoms with E-state index in [1.54, 1.807) is 18.0 Å². The van der Waals surface area contributed by atoms with Gasteiger partial charge in [-0.15, -0.1) is 11.8 Å². The molecule has 2 saturated carbocycles. The normalized spacial score (nSPS) is 29.2. The van der Waals surface area contributed by atoms with Crippen LogP contribution in [0.5, 0.6) is 0 Å². The summed E-state index contributed by atoms with van der Waals surface area (Å²) in [6.07, 6.45) is 5.42. The van der Waals surface area contributed by atoms with E-state index in [2.05, 4.69) is 31.1 Å². The van der Waals surface area contributed by atoms with Gasteiger partial charge in [0.15, 0.2) is 0 Å². The fourth-order valence-corrected chi connectivity index (χ4v) is 6.04. The van der Waals surface area contributed by atoms with Crippen molar-refractivity contribution < 1.29 is 4.79 Å². The second-order valence-electron chi connectivity index (χ2n) is 8.49. The Morgan fingerprint density at radius 2 is 2.15 bits per heavy atom. The van der Waals surface area contributed by atoms with Gasteiger partial charge in [0.25, 0.3) is 0 Å². The first-order valence-electron chi connectivity index (χ1n) is 9.28. The first-order valence-corrected chi connectivity index (χ1v) is 10.6. The van der Waals surface area contributed by atoms with Crippen molar-refractivity contribution in [3.8, 4) is 0 Å². The van der Waals surface area contributed by atoms with Crippen LogP contribution in [0.4, 0.5) is 0 Å². The molecule has 0 spiro atoms. The van der Waals surface area contributed by atoms with E-state index in [1.807, 2.05) is 24.3 Å². The molecule has 1 aromatic heterocycles. The zero-order valence-electron chi connectivity index (χ0n) is 15.5. The van der Waals surface area contributed by atoms with E-state index in [9.17, 15) is 4.79 Å². The fourth-order valence-electron chi connectivity index (χ4n) is 5.02. The average molecular weight is 389 g/mol. The van der Waals surface area contributed by atoms with Crippen molar-refractivity contribution in [3.63, 3.8) is 0 Å². The third-order valence-corrected chi connectivity index (χ3v) is 8.46. The molecule has 0 saturated heterocycles. The van der Waals surface area contributed by atoms with Gasteiger partial charge in [0, 0.05) is 27.5 Å². The molecule has 3 atom stereocenters. The van der Waals surface area contributed by atoms with Gasteiger partial charge in [-0.1, -0.05) is 38.4 Å². The summed E-state index contributed by atoms with van der Waals surface area (Å²) in [6.45, 7) is 7.11. The standard InChI is InChI=1S/C21H25ClN2OS/c1-20(2)13-6-8-21(20,3)18(10-13)24-19(25)12-26-17-7-9-23-16-11-14(22)4-5-15(16)17/h4-5,7,9,11,13,18H,6,8,10,12H2,1-3H3,(H,24,25). The van der Waals surface area contributed by atoms with Gasteiger partial charge in [-0.2, -0.15) is 0 Å². The van der Waals surface area contributed by atoms with Gasteiger partial charge in [-0.3, -0.25) is 9.78 Å². The smallest absolute Gasteiger partial charge is 0.230 e. The monoisotopic (exact) mass is 388 g/mol. The Morgan fingerprint density at radius 3 is 2.85 bits per heavy atom. The number of hydrogen-bond acceptors (Lipinski definition) is 3. The maximum atomic E-state index is 12.6. The lowest BCUT2D eigenvalue weighted by molar-refractivity contribution is -0.120. The quantitative estimate of drug-likeness (QED) is 0.721. The van der Waals surface area contributed by atoms with E-state index in [-0.39, 0.29) is 11.3 Å². The van der Waals surface area contributed by atoms with Crippen molar-refractivity contribution in [2.75, 3.05) is 5.75 Å². The Morgan fingerprint density at radius 1 is 1.35 bits per heavy atom. The number of nitrogens with zero attached hydrogens (tertiary/aromatic N) is 1. The lowest BCUT2D eigenvalue weighted by Crippen LogP contribution is -2.47. The highest BCUT2D eigenvalue weighted by atomic mass is 35.5. The molecule has 2 aliphatic carbocycles. The first kappa shape index (κ1) is 18.1. The highest BCUT2D eigenvalue weighted by Crippen LogP contribution is 2.65. The van der Waals surface area contributed by atoms with E-state index >= 15 is 0 Å². The van der Waals surface area contributed by atoms with Crippen LogP contribution in [0.3, 0.4) is 0 Å². The number of halogens is 1. The fraction of sp³-hybridized carbons (Fsp3) is 0.524. The number of fused-ring (bicyclic) bond motifs is 3. The van der Waals surface area contributed by atoms with Crippen LogP contribution in [-0.4, -0.2) is 22.7 Å². The third kappa shape index (κ3) is 2.82. The number of pyridine rings is 1. The third-order valence-electron chi connectivity index (χ3n) is 7.15. The van der Waals surface area contributed by atoms with Crippen LogP contribution in [0.25, 0.3) is 10.9 Å². The van der Waals surface area contributed by atoms with Crippen LogP contribution in [0, 0.1) is 16.7 Å². The molecule has 1 heterocycles. The largest absolute Gasteiger partial charge is 0.352 e. The predicted octanol–water partition coefficient (Wildman–Crippen LogP) is 5.31. The van der Waals surface area contributed by atoms with Crippen molar-refractivity contribution in [3.05, 3.63) is 35.5 Å². The maximum absolute atomic E-state index is 12.6. The van der Waals surface area contributed by atoms with E-state index in [1.165, 1.54) is 12.8 Å². The van der Waals surface area contributed by atoms with E-state index in [4.69, 9.17) is 11.6 Å². The van der Waals surface area contributed by atoms with Gasteiger partial charge in [0.2, 0.25) is 5.91 Å². The number of carbonyl (C=O) groups excluding carboxylic acids is 1. The lowest BCUT2D eigenvalue weighted by atomic mass is 9.69. The molecule has 0 radical (unpaired) electrons. The number of rotatable bonds is 4. The maximum Gasteiger partial charge on any atom is 0.230 e. The van der Waals surface area contributed by atoms with Crippen LogP contribution < -0.4 is 5.32 Å². The molecule has 2 aliphatic rings. The van der Waals surface area contributed by atoms with Crippen LogP contribution >= 0.6 is 23.4 Å².